The first kappa shape index (κ1) is 9.17. The molecule has 3 aliphatic carbocycles. The van der Waals surface area contributed by atoms with Crippen molar-refractivity contribution in [3.8, 4) is 0 Å². The molecule has 0 bridgehead atoms. The number of rotatable bonds is 2. The molecule has 0 aliphatic heterocycles. The molecule has 0 radical (unpaired) electrons. The molecular formula is C12H21NO. The molecule has 3 rings (SSSR count). The van der Waals surface area contributed by atoms with E-state index < -0.39 is 0 Å². The Hall–Kier alpha value is -0.0800. The van der Waals surface area contributed by atoms with Crippen molar-refractivity contribution < 1.29 is 5.11 Å². The van der Waals surface area contributed by atoms with Crippen LogP contribution in [0.3, 0.4) is 0 Å². The zero-order chi connectivity index (χ0) is 9.54. The van der Waals surface area contributed by atoms with Gasteiger partial charge in [-0.05, 0) is 43.9 Å². The fourth-order valence-electron chi connectivity index (χ4n) is 3.53. The molecule has 0 aromatic rings. The SMILES string of the molecule is OC1CCCC1NC1CCCC2CC21. The molecule has 0 heterocycles. The van der Waals surface area contributed by atoms with E-state index in [1.807, 2.05) is 0 Å². The molecule has 2 nitrogen and oxygen atoms in total. The monoisotopic (exact) mass is 195 g/mol. The second-order valence-corrected chi connectivity index (χ2v) is 5.47. The molecule has 0 amide bonds. The average molecular weight is 195 g/mol. The van der Waals surface area contributed by atoms with Gasteiger partial charge in [0.1, 0.15) is 0 Å². The van der Waals surface area contributed by atoms with E-state index in [1.165, 1.54) is 38.5 Å². The van der Waals surface area contributed by atoms with Gasteiger partial charge >= 0.3 is 0 Å². The summed E-state index contributed by atoms with van der Waals surface area (Å²) in [7, 11) is 0. The lowest BCUT2D eigenvalue weighted by atomic mass is 9.94. The van der Waals surface area contributed by atoms with Crippen LogP contribution < -0.4 is 5.32 Å². The highest BCUT2D eigenvalue weighted by atomic mass is 16.3. The lowest BCUT2D eigenvalue weighted by Crippen LogP contribution is -2.44. The third-order valence-corrected chi connectivity index (χ3v) is 4.49. The maximum Gasteiger partial charge on any atom is 0.0693 e. The van der Waals surface area contributed by atoms with Crippen LogP contribution in [0.15, 0.2) is 0 Å². The van der Waals surface area contributed by atoms with Crippen molar-refractivity contribution >= 4 is 0 Å². The minimum atomic E-state index is -0.0610. The van der Waals surface area contributed by atoms with E-state index in [4.69, 9.17) is 0 Å². The zero-order valence-corrected chi connectivity index (χ0v) is 8.78. The number of aliphatic hydroxyl groups is 1. The van der Waals surface area contributed by atoms with Crippen molar-refractivity contribution in [1.82, 2.24) is 5.32 Å². The Bertz CT molecular complexity index is 218. The minimum absolute atomic E-state index is 0.0610. The van der Waals surface area contributed by atoms with E-state index in [0.717, 1.165) is 24.3 Å². The van der Waals surface area contributed by atoms with E-state index >= 15 is 0 Å². The summed E-state index contributed by atoms with van der Waals surface area (Å²) >= 11 is 0. The van der Waals surface area contributed by atoms with Gasteiger partial charge in [-0.1, -0.05) is 12.8 Å². The quantitative estimate of drug-likeness (QED) is 0.702. The van der Waals surface area contributed by atoms with Crippen LogP contribution in [0.4, 0.5) is 0 Å². The van der Waals surface area contributed by atoms with Gasteiger partial charge in [0.05, 0.1) is 6.10 Å². The number of aliphatic hydroxyl groups excluding tert-OH is 1. The zero-order valence-electron chi connectivity index (χ0n) is 8.78. The molecule has 80 valence electrons. The predicted molar refractivity (Wildman–Crippen MR) is 56.0 cm³/mol. The first-order chi connectivity index (χ1) is 6.84. The lowest BCUT2D eigenvalue weighted by Gasteiger charge is -2.27. The smallest absolute Gasteiger partial charge is 0.0693 e. The van der Waals surface area contributed by atoms with Crippen molar-refractivity contribution in [2.45, 2.75) is 63.1 Å². The molecule has 0 aromatic carbocycles. The number of hydrogen-bond donors (Lipinski definition) is 2. The third kappa shape index (κ3) is 1.59. The van der Waals surface area contributed by atoms with E-state index in [1.54, 1.807) is 0 Å². The van der Waals surface area contributed by atoms with Crippen LogP contribution >= 0.6 is 0 Å². The summed E-state index contributed by atoms with van der Waals surface area (Å²) < 4.78 is 0. The van der Waals surface area contributed by atoms with Crippen molar-refractivity contribution in [2.24, 2.45) is 11.8 Å². The van der Waals surface area contributed by atoms with Gasteiger partial charge in [0.15, 0.2) is 0 Å². The third-order valence-electron chi connectivity index (χ3n) is 4.49. The lowest BCUT2D eigenvalue weighted by molar-refractivity contribution is 0.136. The van der Waals surface area contributed by atoms with Gasteiger partial charge in [0, 0.05) is 12.1 Å². The molecule has 0 spiro atoms. The Morgan fingerprint density at radius 2 is 1.71 bits per heavy atom. The van der Waals surface area contributed by atoms with E-state index in [-0.39, 0.29) is 6.10 Å². The van der Waals surface area contributed by atoms with E-state index in [9.17, 15) is 5.11 Å². The average Bonchev–Trinajstić information content (AvgIpc) is 2.87. The van der Waals surface area contributed by atoms with Crippen LogP contribution in [0.1, 0.15) is 44.9 Å². The van der Waals surface area contributed by atoms with E-state index in [2.05, 4.69) is 5.32 Å². The summed E-state index contributed by atoms with van der Waals surface area (Å²) in [4.78, 5) is 0. The second-order valence-electron chi connectivity index (χ2n) is 5.47. The van der Waals surface area contributed by atoms with Crippen molar-refractivity contribution in [3.05, 3.63) is 0 Å². The van der Waals surface area contributed by atoms with Gasteiger partial charge in [0.2, 0.25) is 0 Å². The van der Waals surface area contributed by atoms with Crippen LogP contribution in [-0.4, -0.2) is 23.3 Å². The summed E-state index contributed by atoms with van der Waals surface area (Å²) in [6.07, 6.45) is 9.03. The maximum atomic E-state index is 9.76. The Balaban J connectivity index is 1.56. The fraction of sp³-hybridized carbons (Fsp3) is 1.00. The molecule has 0 aromatic heterocycles. The molecule has 3 saturated carbocycles. The van der Waals surface area contributed by atoms with Crippen molar-refractivity contribution in [3.63, 3.8) is 0 Å². The minimum Gasteiger partial charge on any atom is -0.392 e. The summed E-state index contributed by atoms with van der Waals surface area (Å²) in [5, 5.41) is 13.5. The highest BCUT2D eigenvalue weighted by Crippen LogP contribution is 2.49. The Labute approximate surface area is 86.1 Å². The van der Waals surface area contributed by atoms with Crippen LogP contribution in [0.25, 0.3) is 0 Å². The van der Waals surface area contributed by atoms with Crippen molar-refractivity contribution in [1.29, 1.82) is 0 Å². The molecular weight excluding hydrogens is 174 g/mol. The number of nitrogens with one attached hydrogen (secondary N) is 1. The fourth-order valence-corrected chi connectivity index (χ4v) is 3.53. The summed E-state index contributed by atoms with van der Waals surface area (Å²) in [6, 6.07) is 1.16. The van der Waals surface area contributed by atoms with Gasteiger partial charge in [-0.3, -0.25) is 0 Å². The van der Waals surface area contributed by atoms with Crippen LogP contribution in [0.2, 0.25) is 0 Å². The summed E-state index contributed by atoms with van der Waals surface area (Å²) in [5.41, 5.74) is 0. The van der Waals surface area contributed by atoms with Crippen LogP contribution in [0, 0.1) is 11.8 Å². The Kier molecular flexibility index (Phi) is 2.29. The number of fused-ring (bicyclic) bond motifs is 1. The standard InChI is InChI=1S/C12H21NO/c14-12-6-2-5-11(12)13-10-4-1-3-8-7-9(8)10/h8-14H,1-7H2. The largest absolute Gasteiger partial charge is 0.392 e. The number of hydrogen-bond acceptors (Lipinski definition) is 2. The highest BCUT2D eigenvalue weighted by Gasteiger charge is 2.46. The molecule has 3 aliphatic rings. The Morgan fingerprint density at radius 3 is 2.50 bits per heavy atom. The van der Waals surface area contributed by atoms with Gasteiger partial charge in [-0.25, -0.2) is 0 Å². The maximum absolute atomic E-state index is 9.76. The topological polar surface area (TPSA) is 32.3 Å². The molecule has 3 fully saturated rings. The van der Waals surface area contributed by atoms with Crippen LogP contribution in [-0.2, 0) is 0 Å². The molecule has 5 atom stereocenters. The highest BCUT2D eigenvalue weighted by molar-refractivity contribution is 5.00. The van der Waals surface area contributed by atoms with Crippen LogP contribution in [0.5, 0.6) is 0 Å². The molecule has 0 saturated heterocycles. The first-order valence-electron chi connectivity index (χ1n) is 6.29. The van der Waals surface area contributed by atoms with E-state index in [0.29, 0.717) is 6.04 Å². The normalized spacial score (nSPS) is 51.6. The Morgan fingerprint density at radius 1 is 0.929 bits per heavy atom. The van der Waals surface area contributed by atoms with Gasteiger partial charge in [-0.2, -0.15) is 0 Å². The summed E-state index contributed by atoms with van der Waals surface area (Å²) in [6.45, 7) is 0. The van der Waals surface area contributed by atoms with Crippen molar-refractivity contribution in [2.75, 3.05) is 0 Å². The molecule has 5 unspecified atom stereocenters. The van der Waals surface area contributed by atoms with Gasteiger partial charge < -0.3 is 10.4 Å². The molecule has 2 N–H and O–H groups in total. The first-order valence-corrected chi connectivity index (χ1v) is 6.29. The molecule has 2 heteroatoms. The van der Waals surface area contributed by atoms with Gasteiger partial charge in [-0.15, -0.1) is 0 Å². The second kappa shape index (κ2) is 3.49. The summed E-state index contributed by atoms with van der Waals surface area (Å²) in [5.74, 6) is 2.01. The van der Waals surface area contributed by atoms with Gasteiger partial charge in [0.25, 0.3) is 0 Å². The molecule has 14 heavy (non-hydrogen) atoms. The predicted octanol–water partition coefficient (Wildman–Crippen LogP) is 1.68.